The molecule has 7 nitrogen and oxygen atoms in total. The average Bonchev–Trinajstić information content (AvgIpc) is 2.62. The van der Waals surface area contributed by atoms with Gasteiger partial charge < -0.3 is 23.1 Å². The lowest BCUT2D eigenvalue weighted by Crippen LogP contribution is -2.36. The molecule has 0 saturated heterocycles. The maximum atomic E-state index is 12.5. The summed E-state index contributed by atoms with van der Waals surface area (Å²) >= 11 is 0. The van der Waals surface area contributed by atoms with E-state index in [-0.39, 0.29) is 18.6 Å². The van der Waals surface area contributed by atoms with Gasteiger partial charge in [0.1, 0.15) is 5.76 Å². The van der Waals surface area contributed by atoms with Crippen LogP contribution in [0.25, 0.3) is 0 Å². The fourth-order valence-electron chi connectivity index (χ4n) is 2.59. The molecule has 166 valence electrons. The summed E-state index contributed by atoms with van der Waals surface area (Å²) in [6.07, 6.45) is 2.05. The van der Waals surface area contributed by atoms with Crippen LogP contribution in [0.5, 0.6) is 0 Å². The Morgan fingerprint density at radius 1 is 0.964 bits per heavy atom. The van der Waals surface area contributed by atoms with Gasteiger partial charge in [0.25, 0.3) is 0 Å². The van der Waals surface area contributed by atoms with Gasteiger partial charge in [-0.2, -0.15) is 21.6 Å². The van der Waals surface area contributed by atoms with Crippen molar-refractivity contribution in [3.63, 3.8) is 0 Å². The van der Waals surface area contributed by atoms with E-state index >= 15 is 0 Å². The fraction of sp³-hybridized carbons (Fsp3) is 0.882. The van der Waals surface area contributed by atoms with Crippen LogP contribution in [0.4, 0.5) is 13.2 Å². The SMILES string of the molecule is CCOCCOCC1(COCCOCC)CC=C(OS(=O)(=O)C(F)(F)F)CC1. The average molecular weight is 434 g/mol. The van der Waals surface area contributed by atoms with Crippen molar-refractivity contribution >= 4 is 10.1 Å². The second kappa shape index (κ2) is 12.0. The zero-order valence-corrected chi connectivity index (χ0v) is 17.1. The molecule has 0 aromatic heterocycles. The van der Waals surface area contributed by atoms with Crippen LogP contribution in [0.3, 0.4) is 0 Å². The molecule has 0 spiro atoms. The minimum atomic E-state index is -5.65. The first kappa shape index (κ1) is 25.2. The Morgan fingerprint density at radius 3 is 1.86 bits per heavy atom. The summed E-state index contributed by atoms with van der Waals surface area (Å²) in [4.78, 5) is 0. The van der Waals surface area contributed by atoms with Crippen molar-refractivity contribution in [1.82, 2.24) is 0 Å². The molecule has 0 heterocycles. The van der Waals surface area contributed by atoms with Gasteiger partial charge in [-0.15, -0.1) is 0 Å². The summed E-state index contributed by atoms with van der Waals surface area (Å²) in [7, 11) is -5.65. The molecule has 1 aliphatic rings. The highest BCUT2D eigenvalue weighted by molar-refractivity contribution is 7.87. The molecular weight excluding hydrogens is 405 g/mol. The molecule has 0 bridgehead atoms. The summed E-state index contributed by atoms with van der Waals surface area (Å²) in [5.41, 5.74) is -5.93. The highest BCUT2D eigenvalue weighted by atomic mass is 32.2. The van der Waals surface area contributed by atoms with Crippen molar-refractivity contribution in [3.8, 4) is 0 Å². The van der Waals surface area contributed by atoms with E-state index in [1.807, 2.05) is 13.8 Å². The van der Waals surface area contributed by atoms with Gasteiger partial charge in [0.2, 0.25) is 0 Å². The van der Waals surface area contributed by atoms with Crippen LogP contribution >= 0.6 is 0 Å². The first-order valence-corrected chi connectivity index (χ1v) is 10.6. The predicted octanol–water partition coefficient (Wildman–Crippen LogP) is 3.01. The van der Waals surface area contributed by atoms with E-state index in [0.717, 1.165) is 0 Å². The molecule has 0 atom stereocenters. The smallest absolute Gasteiger partial charge is 0.381 e. The van der Waals surface area contributed by atoms with E-state index in [9.17, 15) is 21.6 Å². The van der Waals surface area contributed by atoms with E-state index in [1.54, 1.807) is 0 Å². The summed E-state index contributed by atoms with van der Waals surface area (Å²) in [6.45, 7) is 7.14. The van der Waals surface area contributed by atoms with Crippen LogP contribution in [-0.4, -0.2) is 66.8 Å². The van der Waals surface area contributed by atoms with Gasteiger partial charge in [-0.1, -0.05) is 0 Å². The van der Waals surface area contributed by atoms with Crippen molar-refractivity contribution in [2.45, 2.75) is 38.6 Å². The van der Waals surface area contributed by atoms with Gasteiger partial charge in [-0.3, -0.25) is 0 Å². The van der Waals surface area contributed by atoms with Gasteiger partial charge in [0.05, 0.1) is 39.6 Å². The van der Waals surface area contributed by atoms with Crippen LogP contribution in [0.1, 0.15) is 33.1 Å². The summed E-state index contributed by atoms with van der Waals surface area (Å²) in [5.74, 6) is -0.211. The highest BCUT2D eigenvalue weighted by Gasteiger charge is 2.49. The molecule has 0 aliphatic heterocycles. The Bertz CT molecular complexity index is 562. The molecule has 1 rings (SSSR count). The van der Waals surface area contributed by atoms with Gasteiger partial charge in [-0.05, 0) is 32.8 Å². The Hall–Kier alpha value is -0.880. The number of ether oxygens (including phenoxy) is 4. The Morgan fingerprint density at radius 2 is 1.46 bits per heavy atom. The lowest BCUT2D eigenvalue weighted by atomic mass is 9.78. The van der Waals surface area contributed by atoms with E-state index < -0.39 is 21.0 Å². The van der Waals surface area contributed by atoms with Crippen LogP contribution < -0.4 is 0 Å². The van der Waals surface area contributed by atoms with Crippen LogP contribution in [0.15, 0.2) is 11.8 Å². The molecule has 28 heavy (non-hydrogen) atoms. The normalized spacial score (nSPS) is 17.4. The van der Waals surface area contributed by atoms with Gasteiger partial charge >= 0.3 is 15.6 Å². The maximum Gasteiger partial charge on any atom is 0.534 e. The second-order valence-corrected chi connectivity index (χ2v) is 7.89. The minimum Gasteiger partial charge on any atom is -0.381 e. The van der Waals surface area contributed by atoms with E-state index in [1.165, 1.54) is 6.08 Å². The molecule has 0 unspecified atom stereocenters. The largest absolute Gasteiger partial charge is 0.534 e. The van der Waals surface area contributed by atoms with Gasteiger partial charge in [-0.25, -0.2) is 0 Å². The molecule has 0 N–H and O–H groups in total. The third kappa shape index (κ3) is 8.64. The standard InChI is InChI=1S/C17H29F3O7S/c1-3-23-9-11-25-13-16(14-26-12-10-24-4-2)7-5-15(6-8-16)27-28(21,22)17(18,19)20/h5H,3-4,6-14H2,1-2H3. The number of halogens is 3. The molecule has 0 fully saturated rings. The fourth-order valence-corrected chi connectivity index (χ4v) is 3.12. The van der Waals surface area contributed by atoms with Crippen LogP contribution in [0.2, 0.25) is 0 Å². The molecule has 0 aromatic carbocycles. The van der Waals surface area contributed by atoms with Crippen molar-refractivity contribution < 1.29 is 44.7 Å². The van der Waals surface area contributed by atoms with E-state index in [0.29, 0.717) is 59.3 Å². The first-order valence-electron chi connectivity index (χ1n) is 9.16. The minimum absolute atomic E-state index is 0.0406. The first-order chi connectivity index (χ1) is 13.2. The zero-order chi connectivity index (χ0) is 21.1. The third-order valence-electron chi connectivity index (χ3n) is 4.13. The second-order valence-electron chi connectivity index (χ2n) is 6.36. The molecule has 0 saturated carbocycles. The Balaban J connectivity index is 2.66. The summed E-state index contributed by atoms with van der Waals surface area (Å²) in [6, 6.07) is 0. The van der Waals surface area contributed by atoms with E-state index in [4.69, 9.17) is 18.9 Å². The number of allylic oxidation sites excluding steroid dienone is 2. The number of alkyl halides is 3. The third-order valence-corrected chi connectivity index (χ3v) is 5.13. The molecule has 0 amide bonds. The molecule has 0 aromatic rings. The molecule has 11 heteroatoms. The predicted molar refractivity (Wildman–Crippen MR) is 95.1 cm³/mol. The number of hydrogen-bond acceptors (Lipinski definition) is 7. The number of hydrogen-bond donors (Lipinski definition) is 0. The molecule has 0 radical (unpaired) electrons. The lowest BCUT2D eigenvalue weighted by Gasteiger charge is -2.35. The Labute approximate surface area is 164 Å². The van der Waals surface area contributed by atoms with Gasteiger partial charge in [0, 0.05) is 25.0 Å². The van der Waals surface area contributed by atoms with Crippen LogP contribution in [-0.2, 0) is 33.2 Å². The zero-order valence-electron chi connectivity index (χ0n) is 16.3. The molecular formula is C17H29F3O7S. The highest BCUT2D eigenvalue weighted by Crippen LogP contribution is 2.38. The topological polar surface area (TPSA) is 80.3 Å². The Kier molecular flexibility index (Phi) is 10.7. The number of rotatable bonds is 14. The summed E-state index contributed by atoms with van der Waals surface area (Å²) < 4.78 is 85.7. The quantitative estimate of drug-likeness (QED) is 0.236. The van der Waals surface area contributed by atoms with Crippen molar-refractivity contribution in [3.05, 3.63) is 11.8 Å². The van der Waals surface area contributed by atoms with Crippen LogP contribution in [0, 0.1) is 5.41 Å². The monoisotopic (exact) mass is 434 g/mol. The van der Waals surface area contributed by atoms with Crippen molar-refractivity contribution in [2.24, 2.45) is 5.41 Å². The van der Waals surface area contributed by atoms with Crippen molar-refractivity contribution in [1.29, 1.82) is 0 Å². The lowest BCUT2D eigenvalue weighted by molar-refractivity contribution is -0.0565. The van der Waals surface area contributed by atoms with Gasteiger partial charge in [0.15, 0.2) is 0 Å². The van der Waals surface area contributed by atoms with E-state index in [2.05, 4.69) is 4.18 Å². The maximum absolute atomic E-state index is 12.5. The molecule has 1 aliphatic carbocycles. The van der Waals surface area contributed by atoms with Crippen molar-refractivity contribution in [2.75, 3.05) is 52.9 Å². The summed E-state index contributed by atoms with van der Waals surface area (Å²) in [5, 5.41) is 0.